The zero-order valence-corrected chi connectivity index (χ0v) is 14.5. The van der Waals surface area contributed by atoms with Gasteiger partial charge in [-0.2, -0.15) is 0 Å². The van der Waals surface area contributed by atoms with E-state index in [2.05, 4.69) is 0 Å². The van der Waals surface area contributed by atoms with Crippen molar-refractivity contribution >= 4 is 5.91 Å². The first-order valence-electron chi connectivity index (χ1n) is 8.27. The van der Waals surface area contributed by atoms with Gasteiger partial charge in [-0.1, -0.05) is 37.3 Å². The van der Waals surface area contributed by atoms with Crippen LogP contribution in [0.4, 0.5) is 0 Å². The van der Waals surface area contributed by atoms with Gasteiger partial charge in [-0.25, -0.2) is 0 Å². The Morgan fingerprint density at radius 3 is 2.33 bits per heavy atom. The van der Waals surface area contributed by atoms with Gasteiger partial charge in [0.25, 0.3) is 5.91 Å². The average Bonchev–Trinajstić information content (AvgIpc) is 2.65. The molecule has 2 aromatic carbocycles. The van der Waals surface area contributed by atoms with E-state index in [0.717, 1.165) is 17.7 Å². The summed E-state index contributed by atoms with van der Waals surface area (Å²) < 4.78 is 5.53. The third-order valence-corrected chi connectivity index (χ3v) is 4.10. The van der Waals surface area contributed by atoms with Gasteiger partial charge in [0.15, 0.2) is 0 Å². The first-order valence-corrected chi connectivity index (χ1v) is 8.27. The summed E-state index contributed by atoms with van der Waals surface area (Å²) in [6, 6.07) is 16.2. The lowest BCUT2D eigenvalue weighted by Gasteiger charge is -2.29. The van der Waals surface area contributed by atoms with E-state index in [1.807, 2.05) is 44.2 Å². The van der Waals surface area contributed by atoms with Crippen molar-refractivity contribution in [2.45, 2.75) is 32.4 Å². The molecule has 0 aliphatic carbocycles. The van der Waals surface area contributed by atoms with Crippen molar-refractivity contribution in [1.29, 1.82) is 0 Å². The number of hydrogen-bond acceptors (Lipinski definition) is 3. The third kappa shape index (κ3) is 4.36. The molecule has 2 rings (SSSR count). The van der Waals surface area contributed by atoms with Gasteiger partial charge in [0.05, 0.1) is 18.8 Å². The van der Waals surface area contributed by atoms with Crippen LogP contribution in [0.2, 0.25) is 0 Å². The highest BCUT2D eigenvalue weighted by Crippen LogP contribution is 2.22. The molecular formula is C20H25NO3. The molecule has 0 aliphatic heterocycles. The van der Waals surface area contributed by atoms with E-state index in [0.29, 0.717) is 12.2 Å². The smallest absolute Gasteiger partial charge is 0.253 e. The van der Waals surface area contributed by atoms with Crippen LogP contribution in [-0.2, 0) is 0 Å². The van der Waals surface area contributed by atoms with E-state index in [1.54, 1.807) is 36.2 Å². The molecule has 2 unspecified atom stereocenters. The van der Waals surface area contributed by atoms with Crippen LogP contribution in [0.1, 0.15) is 42.3 Å². The van der Waals surface area contributed by atoms with Crippen molar-refractivity contribution in [3.63, 3.8) is 0 Å². The molecule has 0 saturated carbocycles. The molecule has 0 fully saturated rings. The number of ether oxygens (including phenoxy) is 1. The van der Waals surface area contributed by atoms with Gasteiger partial charge in [-0.3, -0.25) is 4.79 Å². The van der Waals surface area contributed by atoms with Gasteiger partial charge in [-0.05, 0) is 43.2 Å². The van der Waals surface area contributed by atoms with E-state index in [1.165, 1.54) is 0 Å². The van der Waals surface area contributed by atoms with Crippen molar-refractivity contribution in [2.24, 2.45) is 0 Å². The predicted octanol–water partition coefficient (Wildman–Crippen LogP) is 3.67. The highest BCUT2D eigenvalue weighted by Gasteiger charge is 2.24. The van der Waals surface area contributed by atoms with Crippen LogP contribution in [0, 0.1) is 0 Å². The van der Waals surface area contributed by atoms with Crippen LogP contribution >= 0.6 is 0 Å². The number of likely N-dealkylation sites (N-methyl/N-ethyl adjacent to an activating group) is 1. The molecule has 1 amide bonds. The minimum atomic E-state index is -0.729. The van der Waals surface area contributed by atoms with Gasteiger partial charge in [-0.15, -0.1) is 0 Å². The molecule has 2 atom stereocenters. The van der Waals surface area contributed by atoms with E-state index in [9.17, 15) is 9.90 Å². The summed E-state index contributed by atoms with van der Waals surface area (Å²) in [7, 11) is 1.71. The fourth-order valence-corrected chi connectivity index (χ4v) is 2.44. The summed E-state index contributed by atoms with van der Waals surface area (Å²) in [6.45, 7) is 4.55. The molecular weight excluding hydrogens is 302 g/mol. The van der Waals surface area contributed by atoms with Gasteiger partial charge in [0.2, 0.25) is 0 Å². The van der Waals surface area contributed by atoms with E-state index >= 15 is 0 Å². The van der Waals surface area contributed by atoms with Crippen LogP contribution in [0.25, 0.3) is 0 Å². The number of aliphatic hydroxyl groups is 1. The standard InChI is InChI=1S/C20H25NO3/c1-4-14-24-18-12-10-17(11-13-18)20(23)21(3)15(2)19(22)16-8-6-5-7-9-16/h5-13,15,19,22H,4,14H2,1-3H3. The number of carbonyl (C=O) groups is 1. The number of nitrogens with zero attached hydrogens (tertiary/aromatic N) is 1. The first kappa shape index (κ1) is 18.0. The van der Waals surface area contributed by atoms with Crippen molar-refractivity contribution in [1.82, 2.24) is 4.90 Å². The Morgan fingerprint density at radius 1 is 1.12 bits per heavy atom. The lowest BCUT2D eigenvalue weighted by Crippen LogP contribution is -2.39. The molecule has 0 radical (unpaired) electrons. The second-order valence-corrected chi connectivity index (χ2v) is 5.89. The maximum absolute atomic E-state index is 12.6. The van der Waals surface area contributed by atoms with E-state index in [-0.39, 0.29) is 11.9 Å². The van der Waals surface area contributed by atoms with Crippen LogP contribution in [0.5, 0.6) is 5.75 Å². The lowest BCUT2D eigenvalue weighted by molar-refractivity contribution is 0.0487. The zero-order chi connectivity index (χ0) is 17.5. The molecule has 4 nitrogen and oxygen atoms in total. The molecule has 0 aliphatic rings. The van der Waals surface area contributed by atoms with E-state index in [4.69, 9.17) is 4.74 Å². The molecule has 2 aromatic rings. The monoisotopic (exact) mass is 327 g/mol. The number of rotatable bonds is 7. The minimum Gasteiger partial charge on any atom is -0.494 e. The molecule has 24 heavy (non-hydrogen) atoms. The van der Waals surface area contributed by atoms with Crippen LogP contribution in [-0.4, -0.2) is 35.6 Å². The number of hydrogen-bond donors (Lipinski definition) is 1. The fraction of sp³-hybridized carbons (Fsp3) is 0.350. The Morgan fingerprint density at radius 2 is 1.75 bits per heavy atom. The fourth-order valence-electron chi connectivity index (χ4n) is 2.44. The van der Waals surface area contributed by atoms with Crippen molar-refractivity contribution in [3.8, 4) is 5.75 Å². The number of carbonyl (C=O) groups excluding carboxylic acids is 1. The van der Waals surface area contributed by atoms with Crippen LogP contribution in [0.15, 0.2) is 54.6 Å². The summed E-state index contributed by atoms with van der Waals surface area (Å²) in [4.78, 5) is 14.2. The average molecular weight is 327 g/mol. The SMILES string of the molecule is CCCOc1ccc(C(=O)N(C)C(C)C(O)c2ccccc2)cc1. The van der Waals surface area contributed by atoms with E-state index < -0.39 is 6.10 Å². The number of benzene rings is 2. The van der Waals surface area contributed by atoms with Crippen molar-refractivity contribution in [3.05, 3.63) is 65.7 Å². The summed E-state index contributed by atoms with van der Waals surface area (Å²) >= 11 is 0. The maximum Gasteiger partial charge on any atom is 0.253 e. The Balaban J connectivity index is 2.05. The third-order valence-electron chi connectivity index (χ3n) is 4.10. The molecule has 0 bridgehead atoms. The molecule has 0 saturated heterocycles. The van der Waals surface area contributed by atoms with Gasteiger partial charge in [0, 0.05) is 12.6 Å². The molecule has 1 N–H and O–H groups in total. The minimum absolute atomic E-state index is 0.125. The second kappa shape index (κ2) is 8.50. The van der Waals surface area contributed by atoms with Gasteiger partial charge in [0.1, 0.15) is 5.75 Å². The summed E-state index contributed by atoms with van der Waals surface area (Å²) in [6.07, 6.45) is 0.213. The van der Waals surface area contributed by atoms with Crippen molar-refractivity contribution < 1.29 is 14.6 Å². The predicted molar refractivity (Wildman–Crippen MR) is 95.2 cm³/mol. The highest BCUT2D eigenvalue weighted by atomic mass is 16.5. The quantitative estimate of drug-likeness (QED) is 0.844. The van der Waals surface area contributed by atoms with Crippen LogP contribution in [0.3, 0.4) is 0 Å². The summed E-state index contributed by atoms with van der Waals surface area (Å²) in [5, 5.41) is 10.5. The zero-order valence-electron chi connectivity index (χ0n) is 14.5. The largest absolute Gasteiger partial charge is 0.494 e. The lowest BCUT2D eigenvalue weighted by atomic mass is 10.0. The van der Waals surface area contributed by atoms with Gasteiger partial charge >= 0.3 is 0 Å². The molecule has 0 aromatic heterocycles. The van der Waals surface area contributed by atoms with Crippen LogP contribution < -0.4 is 4.74 Å². The Hall–Kier alpha value is -2.33. The summed E-state index contributed by atoms with van der Waals surface area (Å²) in [5.74, 6) is 0.632. The van der Waals surface area contributed by atoms with Crippen molar-refractivity contribution in [2.75, 3.05) is 13.7 Å². The Kier molecular flexibility index (Phi) is 6.38. The molecule has 128 valence electrons. The normalized spacial score (nSPS) is 13.2. The Labute approximate surface area is 143 Å². The highest BCUT2D eigenvalue weighted by molar-refractivity contribution is 5.94. The Bertz CT molecular complexity index is 640. The first-order chi connectivity index (χ1) is 11.5. The molecule has 0 heterocycles. The van der Waals surface area contributed by atoms with Gasteiger partial charge < -0.3 is 14.7 Å². The maximum atomic E-state index is 12.6. The summed E-state index contributed by atoms with van der Waals surface area (Å²) in [5.41, 5.74) is 1.38. The second-order valence-electron chi connectivity index (χ2n) is 5.89. The number of amides is 1. The molecule has 0 spiro atoms. The number of aliphatic hydroxyl groups excluding tert-OH is 1. The topological polar surface area (TPSA) is 49.8 Å². The molecule has 4 heteroatoms.